The summed E-state index contributed by atoms with van der Waals surface area (Å²) in [6, 6.07) is 7.13. The van der Waals surface area contributed by atoms with E-state index in [1.165, 1.54) is 31.5 Å². The number of pyridine rings is 1. The van der Waals surface area contributed by atoms with Crippen LogP contribution in [0.25, 0.3) is 0 Å². The number of primary amides is 1. The first kappa shape index (κ1) is 16.0. The second-order valence-electron chi connectivity index (χ2n) is 3.80. The summed E-state index contributed by atoms with van der Waals surface area (Å²) in [6.45, 7) is 0. The number of aromatic nitrogens is 1. The van der Waals surface area contributed by atoms with Crippen molar-refractivity contribution in [3.8, 4) is 11.5 Å². The van der Waals surface area contributed by atoms with Gasteiger partial charge in [-0.2, -0.15) is 0 Å². The maximum absolute atomic E-state index is 10.4. The summed E-state index contributed by atoms with van der Waals surface area (Å²) in [5, 5.41) is 17.7. The van der Waals surface area contributed by atoms with Gasteiger partial charge in [-0.05, 0) is 30.3 Å². The van der Waals surface area contributed by atoms with Crippen LogP contribution in [-0.4, -0.2) is 34.2 Å². The molecule has 0 saturated carbocycles. The molecule has 110 valence electrons. The summed E-state index contributed by atoms with van der Waals surface area (Å²) in [4.78, 5) is 24.5. The van der Waals surface area contributed by atoms with Gasteiger partial charge < -0.3 is 20.7 Å². The molecule has 0 aliphatic carbocycles. The van der Waals surface area contributed by atoms with Gasteiger partial charge in [0.15, 0.2) is 11.5 Å². The number of rotatable bonds is 3. The molecule has 2 rings (SSSR count). The number of hydrogen-bond donors (Lipinski definition) is 3. The fourth-order valence-corrected chi connectivity index (χ4v) is 1.32. The molecule has 0 radical (unpaired) electrons. The molecule has 1 aromatic carbocycles. The van der Waals surface area contributed by atoms with E-state index in [4.69, 9.17) is 20.7 Å². The molecule has 7 nitrogen and oxygen atoms in total. The standard InChI is InChI=1S/C8H8O4.C6H6N2O/c1-12-7-4-5(8(10)11)2-3-6(7)9;7-6(9)5-2-1-3-8-4-5/h2-4,9H,1H3,(H,10,11);1-4H,(H2,7,9). The summed E-state index contributed by atoms with van der Waals surface area (Å²) in [5.74, 6) is -1.39. The van der Waals surface area contributed by atoms with E-state index >= 15 is 0 Å². The molecule has 4 N–H and O–H groups in total. The Hall–Kier alpha value is -3.09. The normalized spacial score (nSPS) is 9.19. The summed E-state index contributed by atoms with van der Waals surface area (Å²) in [7, 11) is 1.36. The monoisotopic (exact) mass is 290 g/mol. The highest BCUT2D eigenvalue weighted by Gasteiger charge is 2.06. The lowest BCUT2D eigenvalue weighted by atomic mass is 10.2. The Kier molecular flexibility index (Phi) is 5.69. The number of ether oxygens (including phenoxy) is 1. The number of aromatic carboxylic acids is 1. The molecule has 0 unspecified atom stereocenters. The highest BCUT2D eigenvalue weighted by atomic mass is 16.5. The van der Waals surface area contributed by atoms with Crippen LogP contribution >= 0.6 is 0 Å². The van der Waals surface area contributed by atoms with Gasteiger partial charge >= 0.3 is 5.97 Å². The summed E-state index contributed by atoms with van der Waals surface area (Å²) >= 11 is 0. The van der Waals surface area contributed by atoms with Crippen LogP contribution in [0.1, 0.15) is 20.7 Å². The predicted octanol–water partition coefficient (Wildman–Crippen LogP) is 1.28. The molecule has 7 heteroatoms. The molecule has 1 amide bonds. The maximum Gasteiger partial charge on any atom is 0.335 e. The second kappa shape index (κ2) is 7.49. The van der Waals surface area contributed by atoms with Crippen molar-refractivity contribution in [2.24, 2.45) is 5.73 Å². The van der Waals surface area contributed by atoms with Crippen LogP contribution in [0.4, 0.5) is 0 Å². The number of carbonyl (C=O) groups is 2. The molecule has 1 heterocycles. The molecule has 0 aliphatic rings. The summed E-state index contributed by atoms with van der Waals surface area (Å²) in [6.07, 6.45) is 3.02. The molecule has 0 spiro atoms. The van der Waals surface area contributed by atoms with E-state index in [0.29, 0.717) is 5.56 Å². The molecule has 0 atom stereocenters. The predicted molar refractivity (Wildman–Crippen MR) is 74.4 cm³/mol. The smallest absolute Gasteiger partial charge is 0.335 e. The zero-order chi connectivity index (χ0) is 15.8. The lowest BCUT2D eigenvalue weighted by molar-refractivity contribution is 0.0696. The van der Waals surface area contributed by atoms with Crippen LogP contribution in [0.2, 0.25) is 0 Å². The highest BCUT2D eigenvalue weighted by Crippen LogP contribution is 2.25. The fraction of sp³-hybridized carbons (Fsp3) is 0.0714. The Morgan fingerprint density at radius 2 is 1.95 bits per heavy atom. The van der Waals surface area contributed by atoms with Gasteiger partial charge in [-0.25, -0.2) is 4.79 Å². The summed E-state index contributed by atoms with van der Waals surface area (Å²) in [5.41, 5.74) is 5.46. The molecule has 1 aromatic heterocycles. The van der Waals surface area contributed by atoms with Crippen molar-refractivity contribution in [3.63, 3.8) is 0 Å². The highest BCUT2D eigenvalue weighted by molar-refractivity contribution is 5.92. The van der Waals surface area contributed by atoms with Crippen molar-refractivity contribution in [2.45, 2.75) is 0 Å². The largest absolute Gasteiger partial charge is 0.504 e. The van der Waals surface area contributed by atoms with Crippen molar-refractivity contribution in [3.05, 3.63) is 53.9 Å². The number of phenolic OH excluding ortho intramolecular Hbond substituents is 1. The van der Waals surface area contributed by atoms with Gasteiger partial charge in [-0.3, -0.25) is 9.78 Å². The molecule has 0 fully saturated rings. The van der Waals surface area contributed by atoms with Crippen LogP contribution in [-0.2, 0) is 0 Å². The molecule has 0 aliphatic heterocycles. The van der Waals surface area contributed by atoms with Crippen molar-refractivity contribution in [1.29, 1.82) is 0 Å². The Labute approximate surface area is 120 Å². The van der Waals surface area contributed by atoms with E-state index < -0.39 is 11.9 Å². The van der Waals surface area contributed by atoms with Gasteiger partial charge in [0.05, 0.1) is 18.2 Å². The van der Waals surface area contributed by atoms with E-state index in [-0.39, 0.29) is 17.1 Å². The molecule has 2 aromatic rings. The Balaban J connectivity index is 0.000000219. The van der Waals surface area contributed by atoms with Crippen molar-refractivity contribution in [1.82, 2.24) is 4.98 Å². The van der Waals surface area contributed by atoms with E-state index in [2.05, 4.69) is 4.98 Å². The van der Waals surface area contributed by atoms with E-state index in [0.717, 1.165) is 0 Å². The number of nitrogens with two attached hydrogens (primary N) is 1. The number of hydrogen-bond acceptors (Lipinski definition) is 5. The molecule has 21 heavy (non-hydrogen) atoms. The van der Waals surface area contributed by atoms with Gasteiger partial charge in [0.25, 0.3) is 0 Å². The number of benzene rings is 1. The van der Waals surface area contributed by atoms with E-state index in [1.807, 2.05) is 0 Å². The summed E-state index contributed by atoms with van der Waals surface area (Å²) < 4.78 is 4.72. The third kappa shape index (κ3) is 4.83. The lowest BCUT2D eigenvalue weighted by Gasteiger charge is -2.02. The van der Waals surface area contributed by atoms with Gasteiger partial charge in [-0.15, -0.1) is 0 Å². The first-order valence-corrected chi connectivity index (χ1v) is 5.75. The number of aromatic hydroxyl groups is 1. The van der Waals surface area contributed by atoms with Gasteiger partial charge in [-0.1, -0.05) is 0 Å². The van der Waals surface area contributed by atoms with Crippen LogP contribution in [0.5, 0.6) is 11.5 Å². The first-order valence-electron chi connectivity index (χ1n) is 5.75. The number of nitrogens with zero attached hydrogens (tertiary/aromatic N) is 1. The lowest BCUT2D eigenvalue weighted by Crippen LogP contribution is -2.10. The Morgan fingerprint density at radius 3 is 2.38 bits per heavy atom. The van der Waals surface area contributed by atoms with Crippen molar-refractivity contribution >= 4 is 11.9 Å². The molecular formula is C14H14N2O5. The van der Waals surface area contributed by atoms with Crippen LogP contribution in [0.15, 0.2) is 42.7 Å². The average molecular weight is 290 g/mol. The second-order valence-corrected chi connectivity index (χ2v) is 3.80. The van der Waals surface area contributed by atoms with Gasteiger partial charge in [0.2, 0.25) is 5.91 Å². The van der Waals surface area contributed by atoms with E-state index in [9.17, 15) is 9.59 Å². The minimum atomic E-state index is -1.05. The van der Waals surface area contributed by atoms with Crippen molar-refractivity contribution in [2.75, 3.05) is 7.11 Å². The number of carbonyl (C=O) groups excluding carboxylic acids is 1. The number of methoxy groups -OCH3 is 1. The topological polar surface area (TPSA) is 123 Å². The molecule has 0 bridgehead atoms. The van der Waals surface area contributed by atoms with Gasteiger partial charge in [0.1, 0.15) is 0 Å². The van der Waals surface area contributed by atoms with Gasteiger partial charge in [0, 0.05) is 12.4 Å². The Morgan fingerprint density at radius 1 is 1.24 bits per heavy atom. The third-order valence-corrected chi connectivity index (χ3v) is 2.37. The first-order chi connectivity index (χ1) is 9.95. The number of carboxylic acid groups (broad SMARTS) is 1. The van der Waals surface area contributed by atoms with E-state index in [1.54, 1.807) is 18.3 Å². The number of carboxylic acids is 1. The quantitative estimate of drug-likeness (QED) is 0.782. The number of phenols is 1. The minimum absolute atomic E-state index is 0.0671. The zero-order valence-electron chi connectivity index (χ0n) is 11.2. The third-order valence-electron chi connectivity index (χ3n) is 2.37. The minimum Gasteiger partial charge on any atom is -0.504 e. The van der Waals surface area contributed by atoms with Crippen LogP contribution in [0.3, 0.4) is 0 Å². The zero-order valence-corrected chi connectivity index (χ0v) is 11.2. The average Bonchev–Trinajstić information content (AvgIpc) is 2.49. The fourth-order valence-electron chi connectivity index (χ4n) is 1.32. The van der Waals surface area contributed by atoms with Crippen LogP contribution in [0, 0.1) is 0 Å². The van der Waals surface area contributed by atoms with Crippen LogP contribution < -0.4 is 10.5 Å². The SMILES string of the molecule is COc1cc(C(=O)O)ccc1O.NC(=O)c1cccnc1. The van der Waals surface area contributed by atoms with Crippen molar-refractivity contribution < 1.29 is 24.5 Å². The molecule has 0 saturated heterocycles. The maximum atomic E-state index is 10.4. The molecular weight excluding hydrogens is 276 g/mol. The number of amides is 1. The Bertz CT molecular complexity index is 629.